The van der Waals surface area contributed by atoms with Gasteiger partial charge in [-0.2, -0.15) is 4.98 Å². The minimum absolute atomic E-state index is 0.0480. The molecule has 0 aliphatic carbocycles. The SMILES string of the molecule is CC(=O)NC1CCN(c2nc(N[C@@H]3CCCNC3)c(-c3ccc4ccccc4n3)c(=O)[nH]2)C1. The van der Waals surface area contributed by atoms with Gasteiger partial charge < -0.3 is 20.9 Å². The summed E-state index contributed by atoms with van der Waals surface area (Å²) < 4.78 is 0. The monoisotopic (exact) mass is 447 g/mol. The molecule has 0 saturated carbocycles. The van der Waals surface area contributed by atoms with Gasteiger partial charge in [-0.05, 0) is 37.9 Å². The van der Waals surface area contributed by atoms with E-state index in [1.165, 1.54) is 6.92 Å². The van der Waals surface area contributed by atoms with Crippen LogP contribution in [0.15, 0.2) is 41.2 Å². The molecule has 0 spiro atoms. The quantitative estimate of drug-likeness (QED) is 0.472. The lowest BCUT2D eigenvalue weighted by Crippen LogP contribution is -2.39. The number of aromatic nitrogens is 3. The number of nitrogens with one attached hydrogen (secondary N) is 4. The number of piperidine rings is 1. The molecule has 3 aromatic rings. The van der Waals surface area contributed by atoms with Gasteiger partial charge in [0.25, 0.3) is 5.56 Å². The number of anilines is 2. The number of H-pyrrole nitrogens is 1. The second kappa shape index (κ2) is 9.19. The summed E-state index contributed by atoms with van der Waals surface area (Å²) in [6.45, 7) is 4.67. The van der Waals surface area contributed by atoms with Crippen LogP contribution in [0.1, 0.15) is 26.2 Å². The second-order valence-electron chi connectivity index (χ2n) is 8.82. The van der Waals surface area contributed by atoms with Crippen LogP contribution in [0, 0.1) is 0 Å². The van der Waals surface area contributed by atoms with E-state index in [2.05, 4.69) is 20.9 Å². The fourth-order valence-electron chi connectivity index (χ4n) is 4.68. The molecule has 4 N–H and O–H groups in total. The predicted octanol–water partition coefficient (Wildman–Crippen LogP) is 1.86. The van der Waals surface area contributed by atoms with Gasteiger partial charge in [0, 0.05) is 44.0 Å². The standard InChI is InChI=1S/C24H29N7O2/c1-15(32)26-18-10-12-31(14-18)24-29-22(27-17-6-4-11-25-13-17)21(23(33)30-24)20-9-8-16-5-2-3-7-19(16)28-20/h2-3,5,7-9,17-18,25H,4,6,10-14H2,1H3,(H,26,32)(H2,27,29,30,33)/t17-,18?/m1/s1. The van der Waals surface area contributed by atoms with E-state index in [0.717, 1.165) is 43.3 Å². The van der Waals surface area contributed by atoms with Crippen LogP contribution in [0.4, 0.5) is 11.8 Å². The lowest BCUT2D eigenvalue weighted by atomic mass is 10.1. The smallest absolute Gasteiger partial charge is 0.263 e. The lowest BCUT2D eigenvalue weighted by molar-refractivity contribution is -0.119. The molecular weight excluding hydrogens is 418 g/mol. The van der Waals surface area contributed by atoms with Crippen molar-refractivity contribution in [3.05, 3.63) is 46.8 Å². The number of carbonyl (C=O) groups is 1. The molecule has 9 heteroatoms. The first-order valence-electron chi connectivity index (χ1n) is 11.6. The van der Waals surface area contributed by atoms with Gasteiger partial charge in [0.05, 0.1) is 11.2 Å². The molecule has 4 heterocycles. The van der Waals surface area contributed by atoms with Gasteiger partial charge in [-0.1, -0.05) is 24.3 Å². The number of pyridine rings is 1. The third-order valence-electron chi connectivity index (χ3n) is 6.29. The molecule has 9 nitrogen and oxygen atoms in total. The Morgan fingerprint density at radius 3 is 2.82 bits per heavy atom. The van der Waals surface area contributed by atoms with Gasteiger partial charge in [0.1, 0.15) is 11.4 Å². The Kier molecular flexibility index (Phi) is 5.95. The zero-order chi connectivity index (χ0) is 22.8. The third-order valence-corrected chi connectivity index (χ3v) is 6.29. The first kappa shape index (κ1) is 21.4. The van der Waals surface area contributed by atoms with Crippen molar-refractivity contribution < 1.29 is 4.79 Å². The summed E-state index contributed by atoms with van der Waals surface area (Å²) in [6, 6.07) is 12.0. The molecule has 172 valence electrons. The normalized spacial score (nSPS) is 20.7. The Morgan fingerprint density at radius 2 is 2.00 bits per heavy atom. The molecule has 2 aliphatic heterocycles. The minimum Gasteiger partial charge on any atom is -0.365 e. The van der Waals surface area contributed by atoms with Crippen molar-refractivity contribution in [2.45, 2.75) is 38.3 Å². The van der Waals surface area contributed by atoms with Crippen LogP contribution in [0.5, 0.6) is 0 Å². The van der Waals surface area contributed by atoms with E-state index in [9.17, 15) is 9.59 Å². The average Bonchev–Trinajstić information content (AvgIpc) is 3.27. The Hall–Kier alpha value is -3.46. The zero-order valence-electron chi connectivity index (χ0n) is 18.7. The highest BCUT2D eigenvalue weighted by Crippen LogP contribution is 2.27. The summed E-state index contributed by atoms with van der Waals surface area (Å²) in [5.41, 5.74) is 1.66. The number of fused-ring (bicyclic) bond motifs is 1. The first-order valence-corrected chi connectivity index (χ1v) is 11.6. The van der Waals surface area contributed by atoms with Gasteiger partial charge >= 0.3 is 0 Å². The van der Waals surface area contributed by atoms with Crippen LogP contribution in [-0.2, 0) is 4.79 Å². The number of amides is 1. The van der Waals surface area contributed by atoms with Crippen molar-refractivity contribution in [3.8, 4) is 11.3 Å². The minimum atomic E-state index is -0.225. The van der Waals surface area contributed by atoms with E-state index >= 15 is 0 Å². The summed E-state index contributed by atoms with van der Waals surface area (Å²) in [6.07, 6.45) is 2.89. The van der Waals surface area contributed by atoms with Crippen LogP contribution in [0.2, 0.25) is 0 Å². The van der Waals surface area contributed by atoms with Crippen molar-refractivity contribution >= 4 is 28.6 Å². The Morgan fingerprint density at radius 1 is 1.12 bits per heavy atom. The number of carbonyl (C=O) groups excluding carboxylic acids is 1. The van der Waals surface area contributed by atoms with Crippen LogP contribution < -0.4 is 26.4 Å². The average molecular weight is 448 g/mol. The largest absolute Gasteiger partial charge is 0.365 e. The molecule has 2 saturated heterocycles. The van der Waals surface area contributed by atoms with E-state index in [4.69, 9.17) is 9.97 Å². The summed E-state index contributed by atoms with van der Waals surface area (Å²) in [5, 5.41) is 10.9. The maximum Gasteiger partial charge on any atom is 0.263 e. The van der Waals surface area contributed by atoms with E-state index in [1.54, 1.807) is 0 Å². The number of nitrogens with zero attached hydrogens (tertiary/aromatic N) is 3. The van der Waals surface area contributed by atoms with Gasteiger partial charge in [0.2, 0.25) is 11.9 Å². The van der Waals surface area contributed by atoms with Crippen molar-refractivity contribution in [1.29, 1.82) is 0 Å². The summed E-state index contributed by atoms with van der Waals surface area (Å²) >= 11 is 0. The van der Waals surface area contributed by atoms with E-state index < -0.39 is 0 Å². The van der Waals surface area contributed by atoms with Crippen LogP contribution in [-0.4, -0.2) is 59.1 Å². The topological polar surface area (TPSA) is 115 Å². The Balaban J connectivity index is 1.53. The molecule has 2 aromatic heterocycles. The van der Waals surface area contributed by atoms with E-state index in [-0.39, 0.29) is 23.6 Å². The van der Waals surface area contributed by atoms with Crippen molar-refractivity contribution in [2.24, 2.45) is 0 Å². The van der Waals surface area contributed by atoms with Crippen LogP contribution >= 0.6 is 0 Å². The number of benzene rings is 1. The number of para-hydroxylation sites is 1. The Bertz CT molecular complexity index is 1220. The van der Waals surface area contributed by atoms with Crippen molar-refractivity contribution in [1.82, 2.24) is 25.6 Å². The fourth-order valence-corrected chi connectivity index (χ4v) is 4.68. The van der Waals surface area contributed by atoms with Crippen molar-refractivity contribution in [3.63, 3.8) is 0 Å². The number of aromatic amines is 1. The predicted molar refractivity (Wildman–Crippen MR) is 130 cm³/mol. The molecule has 1 amide bonds. The zero-order valence-corrected chi connectivity index (χ0v) is 18.7. The second-order valence-corrected chi connectivity index (χ2v) is 8.82. The van der Waals surface area contributed by atoms with E-state index in [1.807, 2.05) is 41.3 Å². The van der Waals surface area contributed by atoms with Crippen molar-refractivity contribution in [2.75, 3.05) is 36.4 Å². The van der Waals surface area contributed by atoms with Gasteiger partial charge in [0.15, 0.2) is 0 Å². The van der Waals surface area contributed by atoms with Crippen LogP contribution in [0.25, 0.3) is 22.2 Å². The summed E-state index contributed by atoms with van der Waals surface area (Å²) in [4.78, 5) is 39.4. The van der Waals surface area contributed by atoms with Gasteiger partial charge in [-0.25, -0.2) is 4.98 Å². The maximum absolute atomic E-state index is 13.4. The molecule has 2 aliphatic rings. The highest BCUT2D eigenvalue weighted by molar-refractivity contribution is 5.83. The van der Waals surface area contributed by atoms with Gasteiger partial charge in [-0.15, -0.1) is 0 Å². The summed E-state index contributed by atoms with van der Waals surface area (Å²) in [7, 11) is 0. The number of rotatable bonds is 5. The first-order chi connectivity index (χ1) is 16.1. The summed E-state index contributed by atoms with van der Waals surface area (Å²) in [5.74, 6) is 1.02. The molecule has 0 bridgehead atoms. The Labute approximate surface area is 192 Å². The molecule has 2 atom stereocenters. The molecular formula is C24H29N7O2. The fraction of sp³-hybridized carbons (Fsp3) is 0.417. The van der Waals surface area contributed by atoms with Crippen LogP contribution in [0.3, 0.4) is 0 Å². The number of hydrogen-bond acceptors (Lipinski definition) is 7. The molecule has 1 aromatic carbocycles. The maximum atomic E-state index is 13.4. The number of hydrogen-bond donors (Lipinski definition) is 4. The lowest BCUT2D eigenvalue weighted by Gasteiger charge is -2.26. The molecule has 1 unspecified atom stereocenters. The molecule has 33 heavy (non-hydrogen) atoms. The van der Waals surface area contributed by atoms with Gasteiger partial charge in [-0.3, -0.25) is 14.6 Å². The highest BCUT2D eigenvalue weighted by Gasteiger charge is 2.27. The third kappa shape index (κ3) is 4.68. The highest BCUT2D eigenvalue weighted by atomic mass is 16.1. The van der Waals surface area contributed by atoms with E-state index in [0.29, 0.717) is 36.1 Å². The molecule has 0 radical (unpaired) electrons. The molecule has 5 rings (SSSR count). The molecule has 2 fully saturated rings.